The van der Waals surface area contributed by atoms with Gasteiger partial charge in [0, 0.05) is 18.7 Å². The number of carbonyl (C=O) groups is 2. The third-order valence-corrected chi connectivity index (χ3v) is 4.18. The van der Waals surface area contributed by atoms with Gasteiger partial charge in [0.25, 0.3) is 5.91 Å². The summed E-state index contributed by atoms with van der Waals surface area (Å²) in [5.74, 6) is 1.69. The van der Waals surface area contributed by atoms with E-state index >= 15 is 0 Å². The highest BCUT2D eigenvalue weighted by molar-refractivity contribution is 5.94. The monoisotopic (exact) mass is 371 g/mol. The third-order valence-electron chi connectivity index (χ3n) is 4.18. The summed E-state index contributed by atoms with van der Waals surface area (Å²) < 4.78 is 16.1. The van der Waals surface area contributed by atoms with Gasteiger partial charge in [-0.05, 0) is 55.8 Å². The highest BCUT2D eigenvalue weighted by Gasteiger charge is 2.14. The molecule has 0 aromatic heterocycles. The maximum atomic E-state index is 12.5. The van der Waals surface area contributed by atoms with Gasteiger partial charge in [-0.3, -0.25) is 9.59 Å². The Labute approximate surface area is 159 Å². The minimum atomic E-state index is -0.122. The van der Waals surface area contributed by atoms with Gasteiger partial charge in [0.05, 0.1) is 14.2 Å². The number of carbonyl (C=O) groups excluding carboxylic acids is 2. The van der Waals surface area contributed by atoms with Crippen LogP contribution >= 0.6 is 0 Å². The standard InChI is InChI=1S/C21H25NO5/c1-5-22(13-16-6-11-19(25-3)20(12-16)26-4)21(24)14-27-18-9-7-17(8-10-18)15(2)23/h6-12H,5,13-14H2,1-4H3. The summed E-state index contributed by atoms with van der Waals surface area (Å²) >= 11 is 0. The summed E-state index contributed by atoms with van der Waals surface area (Å²) in [5, 5.41) is 0. The molecule has 0 radical (unpaired) electrons. The largest absolute Gasteiger partial charge is 0.493 e. The average molecular weight is 371 g/mol. The van der Waals surface area contributed by atoms with E-state index in [4.69, 9.17) is 14.2 Å². The quantitative estimate of drug-likeness (QED) is 0.633. The van der Waals surface area contributed by atoms with Crippen LogP contribution in [0.15, 0.2) is 42.5 Å². The molecule has 2 aromatic rings. The Balaban J connectivity index is 1.98. The highest BCUT2D eigenvalue weighted by atomic mass is 16.5. The van der Waals surface area contributed by atoms with Gasteiger partial charge >= 0.3 is 0 Å². The molecule has 0 aliphatic carbocycles. The van der Waals surface area contributed by atoms with Crippen LogP contribution < -0.4 is 14.2 Å². The molecule has 0 heterocycles. The van der Waals surface area contributed by atoms with Crippen LogP contribution in [0.5, 0.6) is 17.2 Å². The predicted octanol–water partition coefficient (Wildman–Crippen LogP) is 3.33. The Morgan fingerprint density at radius 2 is 1.63 bits per heavy atom. The minimum absolute atomic E-state index is 0.00953. The molecule has 0 saturated carbocycles. The molecule has 0 N–H and O–H groups in total. The van der Waals surface area contributed by atoms with E-state index < -0.39 is 0 Å². The van der Waals surface area contributed by atoms with Crippen LogP contribution in [-0.2, 0) is 11.3 Å². The number of amides is 1. The molecule has 0 atom stereocenters. The van der Waals surface area contributed by atoms with E-state index in [1.54, 1.807) is 43.4 Å². The van der Waals surface area contributed by atoms with Crippen LogP contribution in [0.3, 0.4) is 0 Å². The number of ketones is 1. The highest BCUT2D eigenvalue weighted by Crippen LogP contribution is 2.28. The first-order chi connectivity index (χ1) is 13.0. The van der Waals surface area contributed by atoms with E-state index in [1.807, 2.05) is 25.1 Å². The van der Waals surface area contributed by atoms with E-state index in [0.29, 0.717) is 35.9 Å². The molecule has 0 saturated heterocycles. The van der Waals surface area contributed by atoms with Crippen molar-refractivity contribution in [1.29, 1.82) is 0 Å². The van der Waals surface area contributed by atoms with E-state index in [9.17, 15) is 9.59 Å². The molecule has 0 aliphatic rings. The third kappa shape index (κ3) is 5.48. The van der Waals surface area contributed by atoms with Crippen LogP contribution in [0.2, 0.25) is 0 Å². The fourth-order valence-electron chi connectivity index (χ4n) is 2.60. The van der Waals surface area contributed by atoms with Gasteiger partial charge in [0.2, 0.25) is 0 Å². The lowest BCUT2D eigenvalue weighted by Gasteiger charge is -2.21. The van der Waals surface area contributed by atoms with E-state index in [0.717, 1.165) is 5.56 Å². The maximum absolute atomic E-state index is 12.5. The van der Waals surface area contributed by atoms with Crippen molar-refractivity contribution in [2.24, 2.45) is 0 Å². The Kier molecular flexibility index (Phi) is 7.23. The van der Waals surface area contributed by atoms with Gasteiger partial charge < -0.3 is 19.1 Å². The molecule has 1 amide bonds. The Bertz CT molecular complexity index is 786. The summed E-state index contributed by atoms with van der Waals surface area (Å²) in [5.41, 5.74) is 1.55. The number of hydrogen-bond donors (Lipinski definition) is 0. The van der Waals surface area contributed by atoms with Crippen molar-refractivity contribution < 1.29 is 23.8 Å². The van der Waals surface area contributed by atoms with Crippen LogP contribution in [0.1, 0.15) is 29.8 Å². The topological polar surface area (TPSA) is 65.1 Å². The van der Waals surface area contributed by atoms with E-state index in [2.05, 4.69) is 0 Å². The van der Waals surface area contributed by atoms with E-state index in [1.165, 1.54) is 6.92 Å². The van der Waals surface area contributed by atoms with Crippen molar-refractivity contribution in [3.63, 3.8) is 0 Å². The van der Waals surface area contributed by atoms with Gasteiger partial charge in [0.1, 0.15) is 5.75 Å². The second kappa shape index (κ2) is 9.62. The SMILES string of the molecule is CCN(Cc1ccc(OC)c(OC)c1)C(=O)COc1ccc(C(C)=O)cc1. The Hall–Kier alpha value is -3.02. The molecule has 2 aromatic carbocycles. The molecule has 0 unspecified atom stereocenters. The van der Waals surface area contributed by atoms with Gasteiger partial charge in [-0.15, -0.1) is 0 Å². The Morgan fingerprint density at radius 3 is 2.19 bits per heavy atom. The summed E-state index contributed by atoms with van der Waals surface area (Å²) in [6.45, 7) is 4.36. The lowest BCUT2D eigenvalue weighted by molar-refractivity contribution is -0.133. The van der Waals surface area contributed by atoms with Crippen molar-refractivity contribution in [3.05, 3.63) is 53.6 Å². The van der Waals surface area contributed by atoms with Crippen LogP contribution in [0.4, 0.5) is 0 Å². The molecule has 0 fully saturated rings. The lowest BCUT2D eigenvalue weighted by atomic mass is 10.1. The van der Waals surface area contributed by atoms with Crippen molar-refractivity contribution >= 4 is 11.7 Å². The van der Waals surface area contributed by atoms with Crippen molar-refractivity contribution in [1.82, 2.24) is 4.90 Å². The minimum Gasteiger partial charge on any atom is -0.493 e. The number of methoxy groups -OCH3 is 2. The number of Topliss-reactive ketones (excluding diaryl/α,β-unsaturated/α-hetero) is 1. The molecule has 0 aliphatic heterocycles. The van der Waals surface area contributed by atoms with Crippen molar-refractivity contribution in [2.75, 3.05) is 27.4 Å². The molecular weight excluding hydrogens is 346 g/mol. The molecule has 0 spiro atoms. The second-order valence-corrected chi connectivity index (χ2v) is 5.97. The first-order valence-electron chi connectivity index (χ1n) is 8.71. The molecule has 6 heteroatoms. The number of rotatable bonds is 9. The van der Waals surface area contributed by atoms with Crippen molar-refractivity contribution in [3.8, 4) is 17.2 Å². The van der Waals surface area contributed by atoms with Crippen molar-refractivity contribution in [2.45, 2.75) is 20.4 Å². The fourth-order valence-corrected chi connectivity index (χ4v) is 2.60. The zero-order valence-electron chi connectivity index (χ0n) is 16.2. The zero-order chi connectivity index (χ0) is 19.8. The fraction of sp³-hybridized carbons (Fsp3) is 0.333. The lowest BCUT2D eigenvalue weighted by Crippen LogP contribution is -2.34. The van der Waals surface area contributed by atoms with Crippen LogP contribution in [0, 0.1) is 0 Å². The van der Waals surface area contributed by atoms with Crippen LogP contribution in [0.25, 0.3) is 0 Å². The molecule has 6 nitrogen and oxygen atoms in total. The zero-order valence-corrected chi connectivity index (χ0v) is 16.2. The first kappa shape index (κ1) is 20.3. The van der Waals surface area contributed by atoms with Crippen LogP contribution in [-0.4, -0.2) is 44.0 Å². The molecule has 2 rings (SSSR count). The summed E-state index contributed by atoms with van der Waals surface area (Å²) in [7, 11) is 3.16. The normalized spacial score (nSPS) is 10.2. The van der Waals surface area contributed by atoms with Gasteiger partial charge in [-0.2, -0.15) is 0 Å². The predicted molar refractivity (Wildman–Crippen MR) is 103 cm³/mol. The number of nitrogens with zero attached hydrogens (tertiary/aromatic N) is 1. The number of likely N-dealkylation sites (N-methyl/N-ethyl adjacent to an activating group) is 1. The molecule has 0 bridgehead atoms. The van der Waals surface area contributed by atoms with Gasteiger partial charge in [0.15, 0.2) is 23.9 Å². The van der Waals surface area contributed by atoms with Gasteiger partial charge in [-0.25, -0.2) is 0 Å². The summed E-state index contributed by atoms with van der Waals surface area (Å²) in [6, 6.07) is 12.3. The van der Waals surface area contributed by atoms with E-state index in [-0.39, 0.29) is 18.3 Å². The average Bonchev–Trinajstić information content (AvgIpc) is 2.70. The smallest absolute Gasteiger partial charge is 0.260 e. The van der Waals surface area contributed by atoms with Gasteiger partial charge in [-0.1, -0.05) is 6.07 Å². The summed E-state index contributed by atoms with van der Waals surface area (Å²) in [4.78, 5) is 25.5. The number of hydrogen-bond acceptors (Lipinski definition) is 5. The first-order valence-corrected chi connectivity index (χ1v) is 8.71. The number of benzene rings is 2. The molecule has 27 heavy (non-hydrogen) atoms. The maximum Gasteiger partial charge on any atom is 0.260 e. The molecule has 144 valence electrons. The molecular formula is C21H25NO5. The second-order valence-electron chi connectivity index (χ2n) is 5.97. The number of ether oxygens (including phenoxy) is 3. The Morgan fingerprint density at radius 1 is 0.963 bits per heavy atom. The summed E-state index contributed by atoms with van der Waals surface area (Å²) in [6.07, 6.45) is 0.